The van der Waals surface area contributed by atoms with Crippen LogP contribution in [0.15, 0.2) is 162 Å². The molecule has 3 nitrogen and oxygen atoms in total. The molecule has 3 heterocycles. The van der Waals surface area contributed by atoms with Crippen LogP contribution in [0.5, 0.6) is 0 Å². The van der Waals surface area contributed by atoms with Gasteiger partial charge >= 0.3 is 0 Å². The van der Waals surface area contributed by atoms with Gasteiger partial charge in [0.15, 0.2) is 0 Å². The van der Waals surface area contributed by atoms with E-state index in [9.17, 15) is 0 Å². The SMILES string of the molecule is c1ccc(-n2c3ccccc3c3cc(-n4c5ccccc5c5c(-c6cccc7oc8ccccc8c67)cccc54)ccc32)cc1. The third-order valence-electron chi connectivity index (χ3n) is 9.32. The largest absolute Gasteiger partial charge is 0.456 e. The molecule has 0 saturated heterocycles. The fourth-order valence-corrected chi connectivity index (χ4v) is 7.48. The lowest BCUT2D eigenvalue weighted by atomic mass is 9.95. The Bertz CT molecular complexity index is 2760. The second-order valence-electron chi connectivity index (χ2n) is 11.7. The summed E-state index contributed by atoms with van der Waals surface area (Å²) >= 11 is 0. The number of furan rings is 1. The Hall–Kier alpha value is -6.06. The number of rotatable bonds is 3. The molecule has 45 heavy (non-hydrogen) atoms. The molecule has 10 aromatic rings. The van der Waals surface area contributed by atoms with E-state index in [0.717, 1.165) is 27.6 Å². The maximum atomic E-state index is 6.29. The molecule has 0 atom stereocenters. The number of hydrogen-bond donors (Lipinski definition) is 0. The van der Waals surface area contributed by atoms with Crippen molar-refractivity contribution in [3.63, 3.8) is 0 Å². The smallest absolute Gasteiger partial charge is 0.136 e. The Morgan fingerprint density at radius 2 is 0.911 bits per heavy atom. The van der Waals surface area contributed by atoms with Crippen LogP contribution in [-0.2, 0) is 0 Å². The number of nitrogens with zero attached hydrogens (tertiary/aromatic N) is 2. The van der Waals surface area contributed by atoms with Crippen molar-refractivity contribution >= 4 is 65.6 Å². The maximum Gasteiger partial charge on any atom is 0.136 e. The van der Waals surface area contributed by atoms with Crippen molar-refractivity contribution in [3.05, 3.63) is 158 Å². The number of benzene rings is 7. The molecular formula is C42H26N2O. The van der Waals surface area contributed by atoms with Gasteiger partial charge in [-0.25, -0.2) is 0 Å². The van der Waals surface area contributed by atoms with Crippen molar-refractivity contribution < 1.29 is 4.42 Å². The molecule has 0 aliphatic carbocycles. The highest BCUT2D eigenvalue weighted by atomic mass is 16.3. The summed E-state index contributed by atoms with van der Waals surface area (Å²) in [5.41, 5.74) is 11.3. The first-order chi connectivity index (χ1) is 22.3. The highest BCUT2D eigenvalue weighted by molar-refractivity contribution is 6.21. The van der Waals surface area contributed by atoms with Crippen LogP contribution in [0.2, 0.25) is 0 Å². The Kier molecular flexibility index (Phi) is 5.00. The van der Waals surface area contributed by atoms with Crippen LogP contribution in [0.4, 0.5) is 0 Å². The average Bonchev–Trinajstić information content (AvgIpc) is 3.76. The van der Waals surface area contributed by atoms with Crippen LogP contribution in [0.3, 0.4) is 0 Å². The van der Waals surface area contributed by atoms with E-state index in [1.165, 1.54) is 60.4 Å². The van der Waals surface area contributed by atoms with Gasteiger partial charge in [-0.1, -0.05) is 97.1 Å². The second-order valence-corrected chi connectivity index (χ2v) is 11.7. The van der Waals surface area contributed by atoms with Gasteiger partial charge in [0.2, 0.25) is 0 Å². The van der Waals surface area contributed by atoms with Gasteiger partial charge in [-0.2, -0.15) is 0 Å². The predicted molar refractivity (Wildman–Crippen MR) is 188 cm³/mol. The fourth-order valence-electron chi connectivity index (χ4n) is 7.48. The molecule has 210 valence electrons. The number of aromatic nitrogens is 2. The zero-order valence-corrected chi connectivity index (χ0v) is 24.3. The summed E-state index contributed by atoms with van der Waals surface area (Å²) in [7, 11) is 0. The summed E-state index contributed by atoms with van der Waals surface area (Å²) in [4.78, 5) is 0. The van der Waals surface area contributed by atoms with Gasteiger partial charge in [0.05, 0.1) is 22.1 Å². The predicted octanol–water partition coefficient (Wildman–Crippen LogP) is 11.4. The van der Waals surface area contributed by atoms with Crippen molar-refractivity contribution in [2.45, 2.75) is 0 Å². The second kappa shape index (κ2) is 9.22. The van der Waals surface area contributed by atoms with Crippen LogP contribution >= 0.6 is 0 Å². The topological polar surface area (TPSA) is 23.0 Å². The van der Waals surface area contributed by atoms with E-state index in [4.69, 9.17) is 4.42 Å². The molecular weight excluding hydrogens is 548 g/mol. The minimum absolute atomic E-state index is 0.912. The zero-order valence-electron chi connectivity index (χ0n) is 24.3. The Morgan fingerprint density at radius 3 is 1.76 bits per heavy atom. The van der Waals surface area contributed by atoms with E-state index in [1.807, 2.05) is 6.07 Å². The van der Waals surface area contributed by atoms with Crippen molar-refractivity contribution in [1.82, 2.24) is 9.13 Å². The molecule has 0 unspecified atom stereocenters. The van der Waals surface area contributed by atoms with E-state index < -0.39 is 0 Å². The lowest BCUT2D eigenvalue weighted by Crippen LogP contribution is -1.95. The first kappa shape index (κ1) is 24.4. The summed E-state index contributed by atoms with van der Waals surface area (Å²) in [6, 6.07) is 56.5. The zero-order chi connectivity index (χ0) is 29.5. The third kappa shape index (κ3) is 3.41. The van der Waals surface area contributed by atoms with E-state index in [2.05, 4.69) is 161 Å². The van der Waals surface area contributed by atoms with Crippen LogP contribution in [0.25, 0.3) is 88.1 Å². The summed E-state index contributed by atoms with van der Waals surface area (Å²) < 4.78 is 11.1. The quantitative estimate of drug-likeness (QED) is 0.206. The molecule has 0 N–H and O–H groups in total. The maximum absolute atomic E-state index is 6.29. The standard InChI is InChI=1S/C42H26N2O/c1-2-12-27(13-3-1)43-35-19-7-4-14-29(35)34-26-28(24-25-37(34)43)44-36-20-8-5-15-32(36)41-30(17-10-21-38(41)44)31-18-11-23-40-42(31)33-16-6-9-22-39(33)45-40/h1-26H. The van der Waals surface area contributed by atoms with Gasteiger partial charge < -0.3 is 13.6 Å². The minimum atomic E-state index is 0.912. The van der Waals surface area contributed by atoms with Gasteiger partial charge in [0.1, 0.15) is 11.2 Å². The Labute approximate surface area is 258 Å². The highest BCUT2D eigenvalue weighted by Crippen LogP contribution is 2.43. The molecule has 0 spiro atoms. The summed E-state index contributed by atoms with van der Waals surface area (Å²) in [5.74, 6) is 0. The van der Waals surface area contributed by atoms with Crippen molar-refractivity contribution in [3.8, 4) is 22.5 Å². The lowest BCUT2D eigenvalue weighted by Gasteiger charge is -2.11. The molecule has 0 aliphatic heterocycles. The molecule has 3 heteroatoms. The average molecular weight is 575 g/mol. The third-order valence-corrected chi connectivity index (χ3v) is 9.32. The van der Waals surface area contributed by atoms with Crippen molar-refractivity contribution in [2.75, 3.05) is 0 Å². The minimum Gasteiger partial charge on any atom is -0.456 e. The first-order valence-electron chi connectivity index (χ1n) is 15.4. The summed E-state index contributed by atoms with van der Waals surface area (Å²) in [6.45, 7) is 0. The van der Waals surface area contributed by atoms with E-state index in [0.29, 0.717) is 0 Å². The number of hydrogen-bond acceptors (Lipinski definition) is 1. The van der Waals surface area contributed by atoms with Crippen LogP contribution in [-0.4, -0.2) is 9.13 Å². The molecule has 7 aromatic carbocycles. The van der Waals surface area contributed by atoms with Gasteiger partial charge in [-0.3, -0.25) is 0 Å². The molecule has 0 saturated carbocycles. The molecule has 0 bridgehead atoms. The van der Waals surface area contributed by atoms with Crippen LogP contribution in [0, 0.1) is 0 Å². The van der Waals surface area contributed by atoms with Gasteiger partial charge in [0.25, 0.3) is 0 Å². The number of fused-ring (bicyclic) bond motifs is 9. The molecule has 3 aromatic heterocycles. The van der Waals surface area contributed by atoms with Gasteiger partial charge in [0, 0.05) is 43.7 Å². The normalized spacial score (nSPS) is 12.0. The van der Waals surface area contributed by atoms with Crippen molar-refractivity contribution in [2.24, 2.45) is 0 Å². The van der Waals surface area contributed by atoms with E-state index >= 15 is 0 Å². The summed E-state index contributed by atoms with van der Waals surface area (Å²) in [5, 5.41) is 7.27. The molecule has 0 radical (unpaired) electrons. The Morgan fingerprint density at radius 1 is 0.333 bits per heavy atom. The van der Waals surface area contributed by atoms with E-state index in [1.54, 1.807) is 0 Å². The fraction of sp³-hybridized carbons (Fsp3) is 0. The molecule has 0 amide bonds. The highest BCUT2D eigenvalue weighted by Gasteiger charge is 2.20. The van der Waals surface area contributed by atoms with Crippen molar-refractivity contribution in [1.29, 1.82) is 0 Å². The monoisotopic (exact) mass is 574 g/mol. The van der Waals surface area contributed by atoms with Crippen LogP contribution < -0.4 is 0 Å². The lowest BCUT2D eigenvalue weighted by molar-refractivity contribution is 0.669. The van der Waals surface area contributed by atoms with Gasteiger partial charge in [-0.05, 0) is 71.8 Å². The Balaban J connectivity index is 1.28. The molecule has 0 fully saturated rings. The molecule has 0 aliphatic rings. The van der Waals surface area contributed by atoms with E-state index in [-0.39, 0.29) is 0 Å². The summed E-state index contributed by atoms with van der Waals surface area (Å²) in [6.07, 6.45) is 0. The van der Waals surface area contributed by atoms with Gasteiger partial charge in [-0.15, -0.1) is 0 Å². The first-order valence-corrected chi connectivity index (χ1v) is 15.4. The molecule has 10 rings (SSSR count). The van der Waals surface area contributed by atoms with Crippen LogP contribution in [0.1, 0.15) is 0 Å². The number of para-hydroxylation sites is 4.